The van der Waals surface area contributed by atoms with Crippen LogP contribution >= 0.6 is 24.0 Å². The molecule has 1 unspecified atom stereocenters. The SMILES string of the molecule is CN(C)C(=S)SC1[CH][CH]CCCCC1.N=O.[C-]#[O+].[CH]1[CH][CH][CH][CH]1.[Mo]. The number of nitroso groups, excluding NO2 is 1. The van der Waals surface area contributed by atoms with Crippen LogP contribution in [-0.4, -0.2) is 28.6 Å². The largest absolute Gasteiger partial charge is 0.0312 e. The number of nitrogens with one attached hydrogen (secondary N) is 1. The second-order valence-electron chi connectivity index (χ2n) is 4.85. The smallest absolute Gasteiger partial charge is 0 e. The Morgan fingerprint density at radius 1 is 1.12 bits per heavy atom. The quantitative estimate of drug-likeness (QED) is 0.209. The molecule has 0 amide bonds. The van der Waals surface area contributed by atoms with E-state index >= 15 is 0 Å². The van der Waals surface area contributed by atoms with Gasteiger partial charge in [-0.05, 0) is 57.8 Å². The average molecular weight is 449 g/mol. The molecule has 2 saturated carbocycles. The predicted octanol–water partition coefficient (Wildman–Crippen LogP) is 4.62. The van der Waals surface area contributed by atoms with Crippen molar-refractivity contribution >= 4 is 28.3 Å². The normalized spacial score (nSPS) is 16.8. The molecule has 1 N–H and O–H groups in total. The van der Waals surface area contributed by atoms with Crippen molar-refractivity contribution in [2.24, 2.45) is 0 Å². The van der Waals surface area contributed by atoms with Crippen molar-refractivity contribution in [2.45, 2.75) is 37.4 Å². The summed E-state index contributed by atoms with van der Waals surface area (Å²) in [5.74, 6) is 0. The molecule has 7 radical (unpaired) electrons. The third-order valence-electron chi connectivity index (χ3n) is 2.88. The van der Waals surface area contributed by atoms with Gasteiger partial charge in [0.05, 0.1) is 0 Å². The summed E-state index contributed by atoms with van der Waals surface area (Å²) in [7, 11) is 4.03. The Labute approximate surface area is 172 Å². The van der Waals surface area contributed by atoms with E-state index in [9.17, 15) is 0 Å². The monoisotopic (exact) mass is 451 g/mol. The maximum Gasteiger partial charge on any atom is 0 e. The molecule has 2 rings (SSSR count). The molecular formula is C17H25MoN2O2S2. The zero-order chi connectivity index (χ0) is 17.9. The van der Waals surface area contributed by atoms with Crippen LogP contribution in [0, 0.1) is 62.1 Å². The minimum atomic E-state index is 0. The van der Waals surface area contributed by atoms with E-state index in [1.165, 1.54) is 32.1 Å². The number of rotatable bonds is 1. The van der Waals surface area contributed by atoms with Crippen molar-refractivity contribution in [1.82, 2.24) is 4.90 Å². The van der Waals surface area contributed by atoms with Crippen LogP contribution in [0.2, 0.25) is 0 Å². The summed E-state index contributed by atoms with van der Waals surface area (Å²) in [6.45, 7) is 4.50. The van der Waals surface area contributed by atoms with E-state index in [4.69, 9.17) is 21.8 Å². The van der Waals surface area contributed by atoms with E-state index in [0.717, 1.165) is 4.32 Å². The summed E-state index contributed by atoms with van der Waals surface area (Å²) < 4.78 is 8.50. The van der Waals surface area contributed by atoms with Crippen LogP contribution in [0.5, 0.6) is 0 Å². The molecule has 0 saturated heterocycles. The first-order chi connectivity index (χ1) is 11.2. The minimum absolute atomic E-state index is 0. The molecule has 133 valence electrons. The fraction of sp³-hybridized carbons (Fsp3) is 0.471. The molecule has 0 aromatic rings. The first-order valence-corrected chi connectivity index (χ1v) is 8.61. The third kappa shape index (κ3) is 18.6. The van der Waals surface area contributed by atoms with Gasteiger partial charge in [0.25, 0.3) is 0 Å². The molecular weight excluding hydrogens is 424 g/mol. The van der Waals surface area contributed by atoms with Gasteiger partial charge in [0.2, 0.25) is 0 Å². The Morgan fingerprint density at radius 2 is 1.62 bits per heavy atom. The zero-order valence-corrected chi connectivity index (χ0v) is 17.8. The fourth-order valence-electron chi connectivity index (χ4n) is 1.78. The third-order valence-corrected chi connectivity index (χ3v) is 4.80. The van der Waals surface area contributed by atoms with Gasteiger partial charge in [-0.2, -0.15) is 4.91 Å². The fourth-order valence-corrected chi connectivity index (χ4v) is 3.10. The molecule has 4 nitrogen and oxygen atoms in total. The first-order valence-electron chi connectivity index (χ1n) is 7.32. The van der Waals surface area contributed by atoms with E-state index in [0.29, 0.717) is 5.25 Å². The number of thioether (sulfide) groups is 1. The maximum atomic E-state index is 7.50. The van der Waals surface area contributed by atoms with Gasteiger partial charge in [0.15, 0.2) is 0 Å². The molecule has 0 spiro atoms. The molecule has 0 aromatic carbocycles. The maximum absolute atomic E-state index is 7.50. The van der Waals surface area contributed by atoms with E-state index in [1.807, 2.05) is 62.9 Å². The Bertz CT molecular complexity index is 286. The van der Waals surface area contributed by atoms with E-state index in [-0.39, 0.29) is 21.1 Å². The standard InChI is InChI=1S/C11H19NS2.C5H5.CO.Mo.HNO/c1-12(2)11(13)14-10-8-6-4-3-5-7-9-10;1-2-4-5-3-1;1-2;;1-2/h6,8,10H,3-5,7,9H2,1-2H3;1-5H;;;1H. The molecule has 0 heterocycles. The summed E-state index contributed by atoms with van der Waals surface area (Å²) in [5.41, 5.74) is 4.50. The Hall–Kier alpha value is 0.268. The van der Waals surface area contributed by atoms with Crippen LogP contribution in [-0.2, 0) is 25.7 Å². The molecule has 0 aliphatic heterocycles. The van der Waals surface area contributed by atoms with Crippen molar-refractivity contribution in [2.75, 3.05) is 14.1 Å². The van der Waals surface area contributed by atoms with Crippen molar-refractivity contribution in [3.63, 3.8) is 0 Å². The number of hydrogen-bond donors (Lipinski definition) is 1. The van der Waals surface area contributed by atoms with E-state index in [1.54, 1.807) is 0 Å². The van der Waals surface area contributed by atoms with Crippen LogP contribution in [0.25, 0.3) is 0 Å². The van der Waals surface area contributed by atoms with Crippen molar-refractivity contribution in [3.8, 4) is 0 Å². The summed E-state index contributed by atoms with van der Waals surface area (Å²) in [6, 6.07) is 0. The van der Waals surface area contributed by atoms with Gasteiger partial charge in [0.1, 0.15) is 4.32 Å². The number of hydrogen-bond acceptors (Lipinski definition) is 4. The molecule has 2 fully saturated rings. The van der Waals surface area contributed by atoms with E-state index < -0.39 is 0 Å². The van der Waals surface area contributed by atoms with Gasteiger partial charge in [-0.15, -0.1) is 0 Å². The van der Waals surface area contributed by atoms with Crippen LogP contribution in [0.4, 0.5) is 0 Å². The summed E-state index contributed by atoms with van der Waals surface area (Å²) in [5, 5.41) is 0.602. The molecule has 7 heteroatoms. The minimum Gasteiger partial charge on any atom is -0.0312 e. The van der Waals surface area contributed by atoms with Gasteiger partial charge >= 0.3 is 11.3 Å². The van der Waals surface area contributed by atoms with Gasteiger partial charge in [-0.25, -0.2) is 0 Å². The van der Waals surface area contributed by atoms with Gasteiger partial charge < -0.3 is 4.90 Å². The van der Waals surface area contributed by atoms with Crippen LogP contribution in [0.3, 0.4) is 0 Å². The Balaban J connectivity index is -0.000000368. The number of thiocarbonyl (C=S) groups is 1. The Kier molecular flexibility index (Phi) is 28.2. The van der Waals surface area contributed by atoms with Crippen LogP contribution < -0.4 is 0 Å². The van der Waals surface area contributed by atoms with Crippen molar-refractivity contribution in [1.29, 1.82) is 5.59 Å². The first kappa shape index (κ1) is 29.0. The van der Waals surface area contributed by atoms with Gasteiger partial charge in [0, 0.05) is 40.4 Å². The van der Waals surface area contributed by atoms with Crippen molar-refractivity contribution in [3.05, 3.63) is 56.5 Å². The van der Waals surface area contributed by atoms with Crippen LogP contribution in [0.15, 0.2) is 0 Å². The molecule has 0 aromatic heterocycles. The zero-order valence-electron chi connectivity index (χ0n) is 14.1. The second kappa shape index (κ2) is 23.3. The molecule has 2 aliphatic rings. The van der Waals surface area contributed by atoms with Crippen LogP contribution in [0.1, 0.15) is 32.1 Å². The number of nitrogens with zero attached hydrogens (tertiary/aromatic N) is 1. The predicted molar refractivity (Wildman–Crippen MR) is 101 cm³/mol. The molecule has 1 atom stereocenters. The van der Waals surface area contributed by atoms with Gasteiger partial charge in [-0.3, -0.25) is 0 Å². The van der Waals surface area contributed by atoms with Crippen molar-refractivity contribution < 1.29 is 25.7 Å². The molecule has 0 bridgehead atoms. The average Bonchev–Trinajstić information content (AvgIpc) is 3.13. The van der Waals surface area contributed by atoms with Gasteiger partial charge in [-0.1, -0.05) is 48.8 Å². The summed E-state index contributed by atoms with van der Waals surface area (Å²) in [4.78, 5) is 9.52. The molecule has 24 heavy (non-hydrogen) atoms. The van der Waals surface area contributed by atoms with E-state index in [2.05, 4.69) is 25.1 Å². The summed E-state index contributed by atoms with van der Waals surface area (Å²) in [6.07, 6.45) is 21.2. The second-order valence-corrected chi connectivity index (χ2v) is 6.72. The topological polar surface area (TPSA) is 64.1 Å². The summed E-state index contributed by atoms with van der Waals surface area (Å²) >= 11 is 7.11. The Morgan fingerprint density at radius 3 is 2.08 bits per heavy atom. The molecule has 2 aliphatic carbocycles.